The van der Waals surface area contributed by atoms with Gasteiger partial charge in [0.25, 0.3) is 0 Å². The minimum Gasteiger partial charge on any atom is -0.481 e. The summed E-state index contributed by atoms with van der Waals surface area (Å²) in [7, 11) is 0. The first-order valence-electron chi connectivity index (χ1n) is 11.3. The fraction of sp³-hybridized carbons (Fsp3) is 0.667. The monoisotopic (exact) mass is 421 g/mol. The van der Waals surface area contributed by atoms with E-state index in [0.717, 1.165) is 56.2 Å². The molecule has 0 spiro atoms. The summed E-state index contributed by atoms with van der Waals surface area (Å²) in [6, 6.07) is 6.39. The van der Waals surface area contributed by atoms with Gasteiger partial charge >= 0.3 is 5.97 Å². The van der Waals surface area contributed by atoms with Crippen LogP contribution in [-0.4, -0.2) is 33.2 Å². The molecule has 4 atom stereocenters. The fourth-order valence-electron chi connectivity index (χ4n) is 4.77. The molecule has 1 aliphatic rings. The predicted octanol–water partition coefficient (Wildman–Crippen LogP) is 5.43. The molecule has 1 fully saturated rings. The Bertz CT molecular complexity index is 676. The van der Waals surface area contributed by atoms with E-state index in [1.807, 2.05) is 0 Å². The molecule has 0 bridgehead atoms. The molecule has 0 aromatic heterocycles. The second-order valence-corrected chi connectivity index (χ2v) is 8.79. The van der Waals surface area contributed by atoms with E-state index in [9.17, 15) is 19.5 Å². The number of carboxylic acid groups (broad SMARTS) is 1. The number of aliphatic carboxylic acids is 1. The third kappa shape index (κ3) is 8.05. The van der Waals surface area contributed by atoms with Gasteiger partial charge in [0, 0.05) is 12.3 Å². The lowest BCUT2D eigenvalue weighted by atomic mass is 9.82. The normalized spacial score (nSPS) is 23.7. The number of oxime groups is 1. The Balaban J connectivity index is 1.76. The lowest BCUT2D eigenvalue weighted by Gasteiger charge is -2.23. The molecular formula is C24H36FNO4. The Morgan fingerprint density at radius 1 is 1.13 bits per heavy atom. The highest BCUT2D eigenvalue weighted by Gasteiger charge is 2.38. The lowest BCUT2D eigenvalue weighted by Crippen LogP contribution is -2.20. The zero-order chi connectivity index (χ0) is 21.9. The van der Waals surface area contributed by atoms with Crippen LogP contribution in [0.15, 0.2) is 29.4 Å². The van der Waals surface area contributed by atoms with Crippen LogP contribution in [0.2, 0.25) is 0 Å². The summed E-state index contributed by atoms with van der Waals surface area (Å²) in [5, 5.41) is 32.1. The Kier molecular flexibility index (Phi) is 10.3. The van der Waals surface area contributed by atoms with Crippen molar-refractivity contribution in [2.75, 3.05) is 0 Å². The van der Waals surface area contributed by atoms with Gasteiger partial charge < -0.3 is 15.4 Å². The van der Waals surface area contributed by atoms with E-state index in [2.05, 4.69) is 12.1 Å². The van der Waals surface area contributed by atoms with Gasteiger partial charge in [-0.15, -0.1) is 0 Å². The quantitative estimate of drug-likeness (QED) is 0.225. The Labute approximate surface area is 179 Å². The summed E-state index contributed by atoms with van der Waals surface area (Å²) in [5.74, 6) is 0.111. The van der Waals surface area contributed by atoms with Crippen LogP contribution in [0.1, 0.15) is 76.7 Å². The molecule has 1 aromatic carbocycles. The van der Waals surface area contributed by atoms with Crippen molar-refractivity contribution in [1.29, 1.82) is 0 Å². The molecule has 0 radical (unpaired) electrons. The second-order valence-electron chi connectivity index (χ2n) is 8.79. The second kappa shape index (κ2) is 12.7. The number of unbranched alkanes of at least 4 members (excludes halogenated alkanes) is 3. The maximum absolute atomic E-state index is 13.0. The van der Waals surface area contributed by atoms with Crippen LogP contribution in [0.5, 0.6) is 0 Å². The van der Waals surface area contributed by atoms with Crippen LogP contribution in [0.25, 0.3) is 0 Å². The Morgan fingerprint density at radius 2 is 1.83 bits per heavy atom. The van der Waals surface area contributed by atoms with Gasteiger partial charge in [-0.2, -0.15) is 0 Å². The minimum absolute atomic E-state index is 0.199. The summed E-state index contributed by atoms with van der Waals surface area (Å²) < 4.78 is 13.0. The number of benzene rings is 1. The molecule has 0 aliphatic heterocycles. The molecular weight excluding hydrogens is 385 g/mol. The van der Waals surface area contributed by atoms with Crippen LogP contribution >= 0.6 is 0 Å². The maximum atomic E-state index is 13.0. The molecule has 1 aromatic rings. The SMILES string of the molecule is C[C@H]1C/C(=N/O)C(CC[C@@H](O)CCc2ccc(F)cc2)C1CCCCCCC(=O)O. The number of aliphatic hydroxyl groups is 1. The van der Waals surface area contributed by atoms with E-state index in [-0.39, 0.29) is 18.2 Å². The summed E-state index contributed by atoms with van der Waals surface area (Å²) in [6.07, 6.45) is 8.19. The smallest absolute Gasteiger partial charge is 0.303 e. The van der Waals surface area contributed by atoms with E-state index in [4.69, 9.17) is 5.11 Å². The van der Waals surface area contributed by atoms with Crippen molar-refractivity contribution in [3.05, 3.63) is 35.6 Å². The number of aliphatic hydroxyl groups excluding tert-OH is 1. The molecule has 0 saturated heterocycles. The summed E-state index contributed by atoms with van der Waals surface area (Å²) in [5.41, 5.74) is 1.87. The number of rotatable bonds is 13. The molecule has 6 heteroatoms. The number of carbonyl (C=O) groups is 1. The topological polar surface area (TPSA) is 90.1 Å². The van der Waals surface area contributed by atoms with Gasteiger partial charge in [0.1, 0.15) is 5.82 Å². The molecule has 168 valence electrons. The third-order valence-corrected chi connectivity index (χ3v) is 6.50. The molecule has 1 saturated carbocycles. The van der Waals surface area contributed by atoms with Crippen LogP contribution in [0.3, 0.4) is 0 Å². The minimum atomic E-state index is -0.735. The van der Waals surface area contributed by atoms with Crippen molar-refractivity contribution in [3.63, 3.8) is 0 Å². The lowest BCUT2D eigenvalue weighted by molar-refractivity contribution is -0.137. The number of halogens is 1. The zero-order valence-corrected chi connectivity index (χ0v) is 18.0. The number of hydrogen-bond donors (Lipinski definition) is 3. The van der Waals surface area contributed by atoms with E-state index in [1.165, 1.54) is 12.1 Å². The average molecular weight is 422 g/mol. The van der Waals surface area contributed by atoms with Gasteiger partial charge in [-0.3, -0.25) is 4.79 Å². The van der Waals surface area contributed by atoms with Crippen molar-refractivity contribution in [3.8, 4) is 0 Å². The highest BCUT2D eigenvalue weighted by Crippen LogP contribution is 2.41. The Morgan fingerprint density at radius 3 is 2.50 bits per heavy atom. The van der Waals surface area contributed by atoms with Gasteiger partial charge in [-0.25, -0.2) is 4.39 Å². The predicted molar refractivity (Wildman–Crippen MR) is 115 cm³/mol. The van der Waals surface area contributed by atoms with Crippen molar-refractivity contribution in [2.45, 2.75) is 83.7 Å². The van der Waals surface area contributed by atoms with Crippen molar-refractivity contribution in [1.82, 2.24) is 0 Å². The molecule has 2 unspecified atom stereocenters. The van der Waals surface area contributed by atoms with Crippen molar-refractivity contribution >= 4 is 11.7 Å². The molecule has 5 nitrogen and oxygen atoms in total. The summed E-state index contributed by atoms with van der Waals surface area (Å²) in [4.78, 5) is 10.6. The highest BCUT2D eigenvalue weighted by atomic mass is 19.1. The van der Waals surface area contributed by atoms with Crippen molar-refractivity contribution in [2.24, 2.45) is 22.9 Å². The van der Waals surface area contributed by atoms with Gasteiger partial charge in [0.15, 0.2) is 0 Å². The largest absolute Gasteiger partial charge is 0.481 e. The Hall–Kier alpha value is -1.95. The van der Waals surface area contributed by atoms with Crippen molar-refractivity contribution < 1.29 is 24.6 Å². The first-order chi connectivity index (χ1) is 14.4. The first-order valence-corrected chi connectivity index (χ1v) is 11.3. The molecule has 30 heavy (non-hydrogen) atoms. The van der Waals surface area contributed by atoms with E-state index < -0.39 is 12.1 Å². The standard InChI is InChI=1S/C24H36FNO4/c1-17-16-23(26-30)22(21(17)6-4-2-3-5-7-24(28)29)15-14-20(27)13-10-18-8-11-19(25)12-9-18/h8-9,11-12,17,20-22,27,30H,2-7,10,13-16H2,1H3,(H,28,29)/b26-23-/t17-,20-,21?,22?/m0/s1. The van der Waals surface area contributed by atoms with Crippen LogP contribution in [0.4, 0.5) is 4.39 Å². The molecule has 3 N–H and O–H groups in total. The van der Waals surface area contributed by atoms with E-state index in [0.29, 0.717) is 31.1 Å². The number of nitrogens with zero attached hydrogens (tertiary/aromatic N) is 1. The third-order valence-electron chi connectivity index (χ3n) is 6.50. The van der Waals surface area contributed by atoms with Gasteiger partial charge in [0.05, 0.1) is 11.8 Å². The van der Waals surface area contributed by atoms with Crippen LogP contribution < -0.4 is 0 Å². The van der Waals surface area contributed by atoms with E-state index >= 15 is 0 Å². The van der Waals surface area contributed by atoms with Gasteiger partial charge in [0.2, 0.25) is 0 Å². The summed E-state index contributed by atoms with van der Waals surface area (Å²) >= 11 is 0. The van der Waals surface area contributed by atoms with Gasteiger partial charge in [-0.1, -0.05) is 43.5 Å². The molecule has 0 heterocycles. The average Bonchev–Trinajstić information content (AvgIpc) is 3.03. The fourth-order valence-corrected chi connectivity index (χ4v) is 4.77. The highest BCUT2D eigenvalue weighted by molar-refractivity contribution is 5.88. The zero-order valence-electron chi connectivity index (χ0n) is 18.0. The molecule has 1 aliphatic carbocycles. The first kappa shape index (κ1) is 24.3. The molecule has 0 amide bonds. The molecule has 2 rings (SSSR count). The number of aryl methyl sites for hydroxylation is 1. The van der Waals surface area contributed by atoms with Crippen LogP contribution in [0, 0.1) is 23.6 Å². The number of hydrogen-bond acceptors (Lipinski definition) is 4. The van der Waals surface area contributed by atoms with Crippen LogP contribution in [-0.2, 0) is 11.2 Å². The maximum Gasteiger partial charge on any atom is 0.303 e. The number of carboxylic acids is 1. The summed E-state index contributed by atoms with van der Waals surface area (Å²) in [6.45, 7) is 2.20. The van der Waals surface area contributed by atoms with E-state index in [1.54, 1.807) is 12.1 Å². The van der Waals surface area contributed by atoms with Gasteiger partial charge in [-0.05, 0) is 74.5 Å².